The summed E-state index contributed by atoms with van der Waals surface area (Å²) in [5, 5.41) is 17.5. The molecule has 0 bridgehead atoms. The van der Waals surface area contributed by atoms with Gasteiger partial charge in [-0.3, -0.25) is 4.79 Å². The highest BCUT2D eigenvalue weighted by atomic mass is 35.5. The molecule has 0 unspecified atom stereocenters. The number of rotatable bonds is 3. The Morgan fingerprint density at radius 2 is 1.96 bits per heavy atom. The third kappa shape index (κ3) is 3.24. The Kier molecular flexibility index (Phi) is 4.59. The first-order valence-corrected chi connectivity index (χ1v) is 9.60. The summed E-state index contributed by atoms with van der Waals surface area (Å²) in [5.41, 5.74) is 3.54. The lowest BCUT2D eigenvalue weighted by atomic mass is 10.1. The molecule has 4 rings (SSSR count). The van der Waals surface area contributed by atoms with Crippen LogP contribution in [-0.2, 0) is 0 Å². The van der Waals surface area contributed by atoms with Gasteiger partial charge in [0, 0.05) is 11.6 Å². The Labute approximate surface area is 170 Å². The van der Waals surface area contributed by atoms with Crippen molar-refractivity contribution in [2.45, 2.75) is 13.8 Å². The second-order valence-corrected chi connectivity index (χ2v) is 7.65. The van der Waals surface area contributed by atoms with E-state index in [-0.39, 0.29) is 5.91 Å². The van der Waals surface area contributed by atoms with Crippen molar-refractivity contribution >= 4 is 44.9 Å². The highest BCUT2D eigenvalue weighted by molar-refractivity contribution is 7.21. The minimum absolute atomic E-state index is 0.291. The molecule has 1 amide bonds. The van der Waals surface area contributed by atoms with Crippen LogP contribution in [0.3, 0.4) is 0 Å². The molecule has 2 aromatic heterocycles. The van der Waals surface area contributed by atoms with Crippen molar-refractivity contribution in [1.82, 2.24) is 14.8 Å². The summed E-state index contributed by atoms with van der Waals surface area (Å²) in [6.07, 6.45) is 0. The molecule has 0 aliphatic carbocycles. The lowest BCUT2D eigenvalue weighted by Crippen LogP contribution is -2.15. The maximum absolute atomic E-state index is 12.6. The van der Waals surface area contributed by atoms with E-state index in [9.17, 15) is 4.79 Å². The zero-order chi connectivity index (χ0) is 19.8. The van der Waals surface area contributed by atoms with Crippen molar-refractivity contribution in [3.63, 3.8) is 0 Å². The second-order valence-electron chi connectivity index (χ2n) is 6.26. The molecule has 6 nitrogen and oxygen atoms in total. The molecule has 0 saturated carbocycles. The van der Waals surface area contributed by atoms with Gasteiger partial charge >= 0.3 is 0 Å². The lowest BCUT2D eigenvalue weighted by Gasteiger charge is -2.06. The number of carbonyl (C=O) groups excluding carboxylic acids is 1. The predicted octanol–water partition coefficient (Wildman–Crippen LogP) is 4.88. The Bertz CT molecular complexity index is 1210. The molecule has 0 fully saturated rings. The molecule has 28 heavy (non-hydrogen) atoms. The zero-order valence-electron chi connectivity index (χ0n) is 15.0. The van der Waals surface area contributed by atoms with Crippen LogP contribution in [0.4, 0.5) is 5.82 Å². The Morgan fingerprint density at radius 1 is 1.21 bits per heavy atom. The maximum Gasteiger partial charge on any atom is 0.256 e. The van der Waals surface area contributed by atoms with Gasteiger partial charge in [-0.2, -0.15) is 15.0 Å². The molecule has 138 valence electrons. The number of thiazole rings is 1. The number of carbonyl (C=O) groups is 1. The molecule has 0 saturated heterocycles. The van der Waals surface area contributed by atoms with Crippen molar-refractivity contribution in [1.29, 1.82) is 5.26 Å². The summed E-state index contributed by atoms with van der Waals surface area (Å²) >= 11 is 7.73. The molecule has 0 aliphatic rings. The van der Waals surface area contributed by atoms with Crippen LogP contribution in [0.25, 0.3) is 15.3 Å². The van der Waals surface area contributed by atoms with Gasteiger partial charge in [-0.05, 0) is 49.7 Å². The largest absolute Gasteiger partial charge is 0.306 e. The van der Waals surface area contributed by atoms with Crippen molar-refractivity contribution in [2.24, 2.45) is 0 Å². The second kappa shape index (κ2) is 7.08. The molecular formula is C20H14ClN5OS. The number of hydrogen-bond acceptors (Lipinski definition) is 5. The van der Waals surface area contributed by atoms with E-state index in [2.05, 4.69) is 15.4 Å². The van der Waals surface area contributed by atoms with Crippen LogP contribution in [0.15, 0.2) is 42.5 Å². The summed E-state index contributed by atoms with van der Waals surface area (Å²) in [6, 6.07) is 14.0. The summed E-state index contributed by atoms with van der Waals surface area (Å²) in [5.74, 6) is 0.223. The predicted molar refractivity (Wildman–Crippen MR) is 110 cm³/mol. The highest BCUT2D eigenvalue weighted by Crippen LogP contribution is 2.34. The van der Waals surface area contributed by atoms with Crippen LogP contribution in [0.5, 0.6) is 0 Å². The van der Waals surface area contributed by atoms with Gasteiger partial charge in [0.05, 0.1) is 32.6 Å². The first kappa shape index (κ1) is 18.2. The van der Waals surface area contributed by atoms with Gasteiger partial charge in [-0.1, -0.05) is 29.0 Å². The van der Waals surface area contributed by atoms with E-state index in [0.29, 0.717) is 27.1 Å². The molecule has 8 heteroatoms. The lowest BCUT2D eigenvalue weighted by molar-refractivity contribution is 0.102. The summed E-state index contributed by atoms with van der Waals surface area (Å²) in [4.78, 5) is 17.3. The summed E-state index contributed by atoms with van der Waals surface area (Å²) in [7, 11) is 0. The number of nitrogens with zero attached hydrogens (tertiary/aromatic N) is 4. The monoisotopic (exact) mass is 407 g/mol. The first-order chi connectivity index (χ1) is 13.5. The van der Waals surface area contributed by atoms with E-state index in [1.165, 1.54) is 11.3 Å². The van der Waals surface area contributed by atoms with Gasteiger partial charge in [-0.25, -0.2) is 4.98 Å². The quantitative estimate of drug-likeness (QED) is 0.524. The summed E-state index contributed by atoms with van der Waals surface area (Å²) < 4.78 is 2.49. The van der Waals surface area contributed by atoms with Gasteiger partial charge in [-0.15, -0.1) is 0 Å². The van der Waals surface area contributed by atoms with Gasteiger partial charge in [0.25, 0.3) is 5.91 Å². The fourth-order valence-corrected chi connectivity index (χ4v) is 4.08. The molecule has 2 heterocycles. The zero-order valence-corrected chi connectivity index (χ0v) is 16.6. The van der Waals surface area contributed by atoms with Gasteiger partial charge in [0.2, 0.25) is 5.13 Å². The van der Waals surface area contributed by atoms with Gasteiger partial charge in [0.15, 0.2) is 0 Å². The van der Waals surface area contributed by atoms with Gasteiger partial charge < -0.3 is 5.32 Å². The van der Waals surface area contributed by atoms with E-state index in [4.69, 9.17) is 16.9 Å². The van der Waals surface area contributed by atoms with Crippen molar-refractivity contribution in [3.05, 3.63) is 69.9 Å². The van der Waals surface area contributed by atoms with Crippen LogP contribution < -0.4 is 5.32 Å². The van der Waals surface area contributed by atoms with E-state index < -0.39 is 0 Å². The fraction of sp³-hybridized carbons (Fsp3) is 0.100. The van der Waals surface area contributed by atoms with Crippen molar-refractivity contribution in [2.75, 3.05) is 5.32 Å². The third-order valence-electron chi connectivity index (χ3n) is 4.22. The molecule has 0 aliphatic heterocycles. The number of hydrogen-bond donors (Lipinski definition) is 1. The third-order valence-corrected chi connectivity index (χ3v) is 5.71. The minimum Gasteiger partial charge on any atom is -0.306 e. The maximum atomic E-state index is 12.6. The molecule has 1 N–H and O–H groups in total. The SMILES string of the molecule is Cc1cc(NC(=O)c2ccc(C#N)cc2)n(-c2nc3c(C)ccc(Cl)c3s2)n1. The van der Waals surface area contributed by atoms with E-state index >= 15 is 0 Å². The smallest absolute Gasteiger partial charge is 0.256 e. The molecule has 4 aromatic rings. The van der Waals surface area contributed by atoms with E-state index in [1.54, 1.807) is 35.0 Å². The van der Waals surface area contributed by atoms with Crippen LogP contribution in [-0.4, -0.2) is 20.7 Å². The number of anilines is 1. The molecule has 0 atom stereocenters. The topological polar surface area (TPSA) is 83.6 Å². The Morgan fingerprint density at radius 3 is 2.64 bits per heavy atom. The van der Waals surface area contributed by atoms with Crippen molar-refractivity contribution in [3.8, 4) is 11.2 Å². The number of nitrogens with one attached hydrogen (secondary N) is 1. The molecule has 2 aromatic carbocycles. The van der Waals surface area contributed by atoms with E-state index in [0.717, 1.165) is 21.5 Å². The summed E-state index contributed by atoms with van der Waals surface area (Å²) in [6.45, 7) is 3.82. The van der Waals surface area contributed by atoms with E-state index in [1.807, 2.05) is 32.0 Å². The number of benzene rings is 2. The number of nitriles is 1. The van der Waals surface area contributed by atoms with Gasteiger partial charge in [0.1, 0.15) is 5.82 Å². The molecule has 0 radical (unpaired) electrons. The van der Waals surface area contributed by atoms with Crippen LogP contribution >= 0.6 is 22.9 Å². The number of halogens is 1. The standard InChI is InChI=1S/C20H14ClN5OS/c1-11-3-8-15(21)18-17(11)24-20(28-18)26-16(9-12(2)25-26)23-19(27)14-6-4-13(10-22)5-7-14/h3-9H,1-2H3,(H,23,27). The number of fused-ring (bicyclic) bond motifs is 1. The average Bonchev–Trinajstić information content (AvgIpc) is 3.29. The highest BCUT2D eigenvalue weighted by Gasteiger charge is 2.17. The van der Waals surface area contributed by atoms with Crippen molar-refractivity contribution < 1.29 is 4.79 Å². The number of amides is 1. The number of aromatic nitrogens is 3. The first-order valence-electron chi connectivity index (χ1n) is 8.40. The van der Waals surface area contributed by atoms with Crippen LogP contribution in [0.2, 0.25) is 5.02 Å². The molecule has 0 spiro atoms. The average molecular weight is 408 g/mol. The van der Waals surface area contributed by atoms with Crippen LogP contribution in [0, 0.1) is 25.2 Å². The number of aryl methyl sites for hydroxylation is 2. The fourth-order valence-electron chi connectivity index (χ4n) is 2.80. The minimum atomic E-state index is -0.291. The normalized spacial score (nSPS) is 10.8. The van der Waals surface area contributed by atoms with Crippen LogP contribution in [0.1, 0.15) is 27.2 Å². The Hall–Kier alpha value is -3.21. The molecular weight excluding hydrogens is 394 g/mol. The Balaban J connectivity index is 1.71.